The summed E-state index contributed by atoms with van der Waals surface area (Å²) in [6.45, 7) is 3.53. The lowest BCUT2D eigenvalue weighted by Crippen LogP contribution is -2.44. The van der Waals surface area contributed by atoms with Crippen LogP contribution < -0.4 is 10.6 Å². The molecule has 1 aromatic heterocycles. The van der Waals surface area contributed by atoms with Crippen molar-refractivity contribution in [2.45, 2.75) is 20.0 Å². The third-order valence-electron chi connectivity index (χ3n) is 1.95. The lowest BCUT2D eigenvalue weighted by Gasteiger charge is -2.12. The number of thiophene rings is 1. The van der Waals surface area contributed by atoms with Crippen LogP contribution in [0, 0.1) is 0 Å². The Bertz CT molecular complexity index is 430. The molecule has 0 aliphatic heterocycles. The van der Waals surface area contributed by atoms with Crippen LogP contribution in [0.1, 0.15) is 23.5 Å². The maximum Gasteiger partial charge on any atom is 0.349 e. The summed E-state index contributed by atoms with van der Waals surface area (Å²) in [6, 6.07) is 2.70. The summed E-state index contributed by atoms with van der Waals surface area (Å²) in [4.78, 5) is 34.5. The van der Waals surface area contributed by atoms with Gasteiger partial charge < -0.3 is 10.1 Å². The number of hydrogen-bond acceptors (Lipinski definition) is 5. The van der Waals surface area contributed by atoms with E-state index in [9.17, 15) is 14.4 Å². The van der Waals surface area contributed by atoms with Crippen molar-refractivity contribution in [2.24, 2.45) is 0 Å². The summed E-state index contributed by atoms with van der Waals surface area (Å²) in [5, 5.41) is 6.20. The monoisotopic (exact) mass is 270 g/mol. The van der Waals surface area contributed by atoms with Crippen molar-refractivity contribution in [3.05, 3.63) is 22.4 Å². The lowest BCUT2D eigenvalue weighted by atomic mass is 10.3. The van der Waals surface area contributed by atoms with Crippen molar-refractivity contribution in [1.29, 1.82) is 0 Å². The number of carbonyl (C=O) groups excluding carboxylic acids is 3. The molecule has 1 aromatic rings. The van der Waals surface area contributed by atoms with Crippen LogP contribution >= 0.6 is 11.3 Å². The molecular weight excluding hydrogens is 256 g/mol. The molecule has 0 bridgehead atoms. The minimum absolute atomic E-state index is 0.405. The van der Waals surface area contributed by atoms with Crippen LogP contribution in [0.25, 0.3) is 0 Å². The first-order chi connectivity index (χ1) is 8.54. The van der Waals surface area contributed by atoms with Gasteiger partial charge in [-0.2, -0.15) is 0 Å². The highest BCUT2D eigenvalue weighted by molar-refractivity contribution is 7.11. The number of rotatable bonds is 4. The molecule has 1 rings (SSSR count). The van der Waals surface area contributed by atoms with E-state index in [4.69, 9.17) is 4.74 Å². The number of hydrogen-bond donors (Lipinski definition) is 2. The number of ether oxygens (including phenoxy) is 1. The third-order valence-corrected chi connectivity index (χ3v) is 2.80. The number of amides is 3. The number of urea groups is 1. The fourth-order valence-corrected chi connectivity index (χ4v) is 1.69. The van der Waals surface area contributed by atoms with Gasteiger partial charge in [0.15, 0.2) is 6.10 Å². The quantitative estimate of drug-likeness (QED) is 0.803. The van der Waals surface area contributed by atoms with Crippen LogP contribution in [0.5, 0.6) is 0 Å². The van der Waals surface area contributed by atoms with E-state index in [2.05, 4.69) is 10.6 Å². The largest absolute Gasteiger partial charge is 0.448 e. The molecule has 0 aliphatic rings. The van der Waals surface area contributed by atoms with E-state index >= 15 is 0 Å². The molecule has 0 aliphatic carbocycles. The Balaban J connectivity index is 2.45. The molecule has 0 fully saturated rings. The molecule has 6 nitrogen and oxygen atoms in total. The lowest BCUT2D eigenvalue weighted by molar-refractivity contribution is -0.127. The molecule has 0 unspecified atom stereocenters. The van der Waals surface area contributed by atoms with Crippen LogP contribution in [0.2, 0.25) is 0 Å². The van der Waals surface area contributed by atoms with E-state index in [1.54, 1.807) is 24.4 Å². The van der Waals surface area contributed by atoms with Gasteiger partial charge in [0.2, 0.25) is 0 Å². The Morgan fingerprint density at radius 3 is 2.72 bits per heavy atom. The van der Waals surface area contributed by atoms with Gasteiger partial charge in [-0.3, -0.25) is 10.1 Å². The summed E-state index contributed by atoms with van der Waals surface area (Å²) in [5.74, 6) is -1.24. The third kappa shape index (κ3) is 4.17. The van der Waals surface area contributed by atoms with Gasteiger partial charge in [0, 0.05) is 6.54 Å². The first-order valence-electron chi connectivity index (χ1n) is 5.37. The highest BCUT2D eigenvalue weighted by atomic mass is 32.1. The van der Waals surface area contributed by atoms with Gasteiger partial charge in [-0.05, 0) is 25.3 Å². The van der Waals surface area contributed by atoms with E-state index < -0.39 is 24.0 Å². The summed E-state index contributed by atoms with van der Waals surface area (Å²) in [6.07, 6.45) is -1.03. The van der Waals surface area contributed by atoms with E-state index in [1.807, 2.05) is 0 Å². The highest BCUT2D eigenvalue weighted by Crippen LogP contribution is 2.11. The molecule has 18 heavy (non-hydrogen) atoms. The van der Waals surface area contributed by atoms with Gasteiger partial charge >= 0.3 is 12.0 Å². The van der Waals surface area contributed by atoms with Gasteiger partial charge in [-0.25, -0.2) is 9.59 Å². The molecule has 0 saturated heterocycles. The topological polar surface area (TPSA) is 84.5 Å². The second-order valence-electron chi connectivity index (χ2n) is 3.37. The molecule has 0 saturated carbocycles. The molecule has 7 heteroatoms. The molecule has 1 heterocycles. The van der Waals surface area contributed by atoms with E-state index in [0.717, 1.165) is 0 Å². The fourth-order valence-electron chi connectivity index (χ4n) is 1.09. The molecule has 0 aromatic carbocycles. The Morgan fingerprint density at radius 1 is 1.44 bits per heavy atom. The van der Waals surface area contributed by atoms with Crippen molar-refractivity contribution in [2.75, 3.05) is 6.54 Å². The fraction of sp³-hybridized carbons (Fsp3) is 0.364. The Labute approximate surface area is 108 Å². The van der Waals surface area contributed by atoms with Gasteiger partial charge in [-0.15, -0.1) is 11.3 Å². The highest BCUT2D eigenvalue weighted by Gasteiger charge is 2.20. The SMILES string of the molecule is CCNC(=O)NC(=O)[C@@H](C)OC(=O)c1cccs1. The van der Waals surface area contributed by atoms with Crippen molar-refractivity contribution in [3.63, 3.8) is 0 Å². The zero-order valence-electron chi connectivity index (χ0n) is 10.1. The molecule has 1 atom stereocenters. The van der Waals surface area contributed by atoms with Crippen LogP contribution in [-0.4, -0.2) is 30.6 Å². The summed E-state index contributed by atoms with van der Waals surface area (Å²) < 4.78 is 4.91. The molecule has 0 spiro atoms. The van der Waals surface area contributed by atoms with Crippen LogP contribution in [0.4, 0.5) is 4.79 Å². The minimum atomic E-state index is -1.03. The predicted octanol–water partition coefficient (Wildman–Crippen LogP) is 1.14. The van der Waals surface area contributed by atoms with E-state index in [-0.39, 0.29) is 0 Å². The maximum absolute atomic E-state index is 11.5. The van der Waals surface area contributed by atoms with Gasteiger partial charge in [-0.1, -0.05) is 6.07 Å². The zero-order chi connectivity index (χ0) is 13.5. The average Bonchev–Trinajstić information content (AvgIpc) is 2.82. The van der Waals surface area contributed by atoms with Gasteiger partial charge in [0.1, 0.15) is 4.88 Å². The summed E-state index contributed by atoms with van der Waals surface area (Å²) >= 11 is 1.22. The van der Waals surface area contributed by atoms with Gasteiger partial charge in [0.25, 0.3) is 5.91 Å². The second kappa shape index (κ2) is 6.75. The molecule has 3 amide bonds. The summed E-state index contributed by atoms with van der Waals surface area (Å²) in [7, 11) is 0. The Morgan fingerprint density at radius 2 is 2.17 bits per heavy atom. The Hall–Kier alpha value is -1.89. The first kappa shape index (κ1) is 14.2. The first-order valence-corrected chi connectivity index (χ1v) is 6.25. The predicted molar refractivity (Wildman–Crippen MR) is 66.4 cm³/mol. The van der Waals surface area contributed by atoms with Crippen LogP contribution in [-0.2, 0) is 9.53 Å². The second-order valence-corrected chi connectivity index (χ2v) is 4.32. The minimum Gasteiger partial charge on any atom is -0.448 e. The van der Waals surface area contributed by atoms with Crippen LogP contribution in [0.3, 0.4) is 0 Å². The normalized spacial score (nSPS) is 11.4. The van der Waals surface area contributed by atoms with Gasteiger partial charge in [0.05, 0.1) is 0 Å². The zero-order valence-corrected chi connectivity index (χ0v) is 10.9. The van der Waals surface area contributed by atoms with Crippen molar-refractivity contribution in [3.8, 4) is 0 Å². The standard InChI is InChI=1S/C11H14N2O4S/c1-3-12-11(16)13-9(14)7(2)17-10(15)8-5-4-6-18-8/h4-7H,3H2,1-2H3,(H2,12,13,14,16)/t7-/m1/s1. The smallest absolute Gasteiger partial charge is 0.349 e. The van der Waals surface area contributed by atoms with E-state index in [1.165, 1.54) is 18.3 Å². The molecule has 2 N–H and O–H groups in total. The van der Waals surface area contributed by atoms with E-state index in [0.29, 0.717) is 11.4 Å². The molecule has 0 radical (unpaired) electrons. The number of nitrogens with one attached hydrogen (secondary N) is 2. The number of imide groups is 1. The van der Waals surface area contributed by atoms with Crippen molar-refractivity contribution < 1.29 is 19.1 Å². The van der Waals surface area contributed by atoms with Crippen LogP contribution in [0.15, 0.2) is 17.5 Å². The molecule has 98 valence electrons. The van der Waals surface area contributed by atoms with Crippen molar-refractivity contribution >= 4 is 29.2 Å². The maximum atomic E-state index is 11.5. The van der Waals surface area contributed by atoms with Crippen molar-refractivity contribution in [1.82, 2.24) is 10.6 Å². The summed E-state index contributed by atoms with van der Waals surface area (Å²) in [5.41, 5.74) is 0. The average molecular weight is 270 g/mol. The molecular formula is C11H14N2O4S. The number of carbonyl (C=O) groups is 3. The number of esters is 1. The Kier molecular flexibility index (Phi) is 5.31.